The van der Waals surface area contributed by atoms with Gasteiger partial charge in [-0.2, -0.15) is 22.6 Å². The number of rotatable bonds is 6. The predicted molar refractivity (Wildman–Crippen MR) is 61.8 cm³/mol. The number of nitrogens with zero attached hydrogens (tertiary/aromatic N) is 2. The molecule has 10 heteroatoms. The van der Waals surface area contributed by atoms with Gasteiger partial charge in [0, 0.05) is 25.7 Å². The van der Waals surface area contributed by atoms with Crippen LogP contribution in [0, 0.1) is 0 Å². The Morgan fingerprint density at radius 1 is 1.47 bits per heavy atom. The molecule has 0 bridgehead atoms. The third kappa shape index (κ3) is 4.18. The number of nitrogens with one attached hydrogen (secondary N) is 2. The Kier molecular flexibility index (Phi) is 4.93. The Bertz CT molecular complexity index is 512. The Balaban J connectivity index is 2.87. The van der Waals surface area contributed by atoms with Crippen LogP contribution in [0.4, 0.5) is 13.2 Å². The molecule has 0 aliphatic rings. The highest BCUT2D eigenvalue weighted by Gasteiger charge is 2.31. The molecule has 1 aromatic rings. The van der Waals surface area contributed by atoms with Gasteiger partial charge < -0.3 is 5.32 Å². The molecule has 0 radical (unpaired) electrons. The van der Waals surface area contributed by atoms with Gasteiger partial charge in [0.1, 0.15) is 0 Å². The molecule has 0 aliphatic carbocycles. The molecule has 0 spiro atoms. The Hall–Kier alpha value is -1.13. The van der Waals surface area contributed by atoms with E-state index in [-0.39, 0.29) is 11.6 Å². The van der Waals surface area contributed by atoms with Gasteiger partial charge in [-0.25, -0.2) is 8.42 Å². The fraction of sp³-hybridized carbons (Fsp3) is 0.667. The molecule has 0 unspecified atom stereocenters. The van der Waals surface area contributed by atoms with E-state index < -0.39 is 29.2 Å². The zero-order chi connectivity index (χ0) is 14.7. The molecule has 6 nitrogen and oxygen atoms in total. The van der Waals surface area contributed by atoms with Crippen molar-refractivity contribution in [2.45, 2.75) is 24.2 Å². The normalized spacial score (nSPS) is 13.2. The molecule has 0 aliphatic heterocycles. The van der Waals surface area contributed by atoms with Crippen molar-refractivity contribution in [3.63, 3.8) is 0 Å². The van der Waals surface area contributed by atoms with E-state index in [4.69, 9.17) is 0 Å². The Morgan fingerprint density at radius 2 is 2.11 bits per heavy atom. The van der Waals surface area contributed by atoms with Crippen molar-refractivity contribution in [1.29, 1.82) is 0 Å². The van der Waals surface area contributed by atoms with Gasteiger partial charge in [-0.15, -0.1) is 0 Å². The van der Waals surface area contributed by atoms with Crippen molar-refractivity contribution in [2.24, 2.45) is 0 Å². The molecule has 1 aromatic heterocycles. The lowest BCUT2D eigenvalue weighted by molar-refractivity contribution is -0.135. The minimum Gasteiger partial charge on any atom is -0.316 e. The standard InChI is InChI=1S/C9H15F3N4O2S/c1-13-5-7-6-14-15-8(7)19(17,18)16(2)4-3-9(10,11)12/h6,13H,3-5H2,1-2H3,(H,14,15). The Labute approximate surface area is 109 Å². The van der Waals surface area contributed by atoms with Crippen LogP contribution in [0.3, 0.4) is 0 Å². The van der Waals surface area contributed by atoms with Gasteiger partial charge in [0.25, 0.3) is 10.0 Å². The highest BCUT2D eigenvalue weighted by Crippen LogP contribution is 2.22. The van der Waals surface area contributed by atoms with Crippen LogP contribution in [0.25, 0.3) is 0 Å². The molecular weight excluding hydrogens is 285 g/mol. The van der Waals surface area contributed by atoms with E-state index in [1.165, 1.54) is 6.20 Å². The van der Waals surface area contributed by atoms with Crippen LogP contribution in [-0.2, 0) is 16.6 Å². The number of alkyl halides is 3. The van der Waals surface area contributed by atoms with Crippen LogP contribution in [0.15, 0.2) is 11.2 Å². The maximum Gasteiger partial charge on any atom is 0.390 e. The number of aromatic amines is 1. The number of hydrogen-bond donors (Lipinski definition) is 2. The molecule has 0 amide bonds. The van der Waals surface area contributed by atoms with Crippen molar-refractivity contribution in [3.05, 3.63) is 11.8 Å². The van der Waals surface area contributed by atoms with E-state index in [0.29, 0.717) is 9.87 Å². The highest BCUT2D eigenvalue weighted by molar-refractivity contribution is 7.89. The summed E-state index contributed by atoms with van der Waals surface area (Å²) in [6.07, 6.45) is -4.27. The van der Waals surface area contributed by atoms with Crippen LogP contribution in [-0.4, -0.2) is 49.7 Å². The highest BCUT2D eigenvalue weighted by atomic mass is 32.2. The maximum absolute atomic E-state index is 12.1. The molecule has 110 valence electrons. The zero-order valence-electron chi connectivity index (χ0n) is 10.5. The van der Waals surface area contributed by atoms with E-state index in [9.17, 15) is 21.6 Å². The Morgan fingerprint density at radius 3 is 2.63 bits per heavy atom. The number of aromatic nitrogens is 2. The lowest BCUT2D eigenvalue weighted by atomic mass is 10.4. The first-order chi connectivity index (χ1) is 8.68. The molecule has 19 heavy (non-hydrogen) atoms. The first kappa shape index (κ1) is 15.9. The molecule has 0 atom stereocenters. The molecule has 2 N–H and O–H groups in total. The summed E-state index contributed by atoms with van der Waals surface area (Å²) in [4.78, 5) is 0. The SMILES string of the molecule is CNCc1cn[nH]c1S(=O)(=O)N(C)CCC(F)(F)F. The van der Waals surface area contributed by atoms with E-state index >= 15 is 0 Å². The third-order valence-electron chi connectivity index (χ3n) is 2.42. The second kappa shape index (κ2) is 5.88. The fourth-order valence-electron chi connectivity index (χ4n) is 1.40. The van der Waals surface area contributed by atoms with E-state index in [0.717, 1.165) is 7.05 Å². The van der Waals surface area contributed by atoms with Gasteiger partial charge in [-0.1, -0.05) is 0 Å². The summed E-state index contributed by atoms with van der Waals surface area (Å²) in [5.41, 5.74) is 0.376. The van der Waals surface area contributed by atoms with Crippen molar-refractivity contribution in [3.8, 4) is 0 Å². The summed E-state index contributed by atoms with van der Waals surface area (Å²) in [7, 11) is -1.27. The summed E-state index contributed by atoms with van der Waals surface area (Å²) in [5.74, 6) is 0. The lowest BCUT2D eigenvalue weighted by Gasteiger charge is -2.17. The molecule has 1 heterocycles. The van der Waals surface area contributed by atoms with E-state index in [1.807, 2.05) is 0 Å². The first-order valence-corrected chi connectivity index (χ1v) is 6.82. The smallest absolute Gasteiger partial charge is 0.316 e. The van der Waals surface area contributed by atoms with Gasteiger partial charge in [-0.05, 0) is 7.05 Å². The van der Waals surface area contributed by atoms with Gasteiger partial charge in [-0.3, -0.25) is 5.10 Å². The molecule has 0 saturated carbocycles. The summed E-state index contributed by atoms with van der Waals surface area (Å²) in [6.45, 7) is -0.387. The minimum absolute atomic E-state index is 0.188. The number of halogens is 3. The minimum atomic E-state index is -4.40. The average molecular weight is 300 g/mol. The lowest BCUT2D eigenvalue weighted by Crippen LogP contribution is -2.31. The van der Waals surface area contributed by atoms with Crippen LogP contribution < -0.4 is 5.32 Å². The second-order valence-electron chi connectivity index (χ2n) is 3.95. The molecule has 0 aromatic carbocycles. The van der Waals surface area contributed by atoms with E-state index in [2.05, 4.69) is 15.5 Å². The van der Waals surface area contributed by atoms with Gasteiger partial charge in [0.05, 0.1) is 12.6 Å². The second-order valence-corrected chi connectivity index (χ2v) is 5.93. The fourth-order valence-corrected chi connectivity index (χ4v) is 2.67. The quantitative estimate of drug-likeness (QED) is 0.811. The van der Waals surface area contributed by atoms with Crippen molar-refractivity contribution >= 4 is 10.0 Å². The largest absolute Gasteiger partial charge is 0.390 e. The zero-order valence-corrected chi connectivity index (χ0v) is 11.3. The maximum atomic E-state index is 12.1. The van der Waals surface area contributed by atoms with Crippen molar-refractivity contribution in [2.75, 3.05) is 20.6 Å². The van der Waals surface area contributed by atoms with Crippen molar-refractivity contribution < 1.29 is 21.6 Å². The van der Waals surface area contributed by atoms with Gasteiger partial charge in [0.2, 0.25) is 0 Å². The number of H-pyrrole nitrogens is 1. The monoisotopic (exact) mass is 300 g/mol. The van der Waals surface area contributed by atoms with Crippen molar-refractivity contribution in [1.82, 2.24) is 19.8 Å². The molecule has 0 fully saturated rings. The summed E-state index contributed by atoms with van der Waals surface area (Å²) in [5, 5.41) is 8.48. The number of sulfonamides is 1. The van der Waals surface area contributed by atoms with Crippen LogP contribution in [0.2, 0.25) is 0 Å². The third-order valence-corrected chi connectivity index (χ3v) is 4.30. The first-order valence-electron chi connectivity index (χ1n) is 5.38. The summed E-state index contributed by atoms with van der Waals surface area (Å²) < 4.78 is 61.1. The van der Waals surface area contributed by atoms with Gasteiger partial charge in [0.15, 0.2) is 5.03 Å². The van der Waals surface area contributed by atoms with Gasteiger partial charge >= 0.3 is 6.18 Å². The predicted octanol–water partition coefficient (Wildman–Crippen LogP) is 0.702. The number of hydrogen-bond acceptors (Lipinski definition) is 4. The molecule has 0 saturated heterocycles. The summed E-state index contributed by atoms with van der Waals surface area (Å²) >= 11 is 0. The van der Waals surface area contributed by atoms with E-state index in [1.54, 1.807) is 7.05 Å². The van der Waals surface area contributed by atoms with Crippen LogP contribution in [0.5, 0.6) is 0 Å². The molecule has 1 rings (SSSR count). The average Bonchev–Trinajstić information content (AvgIpc) is 2.74. The molecular formula is C9H15F3N4O2S. The topological polar surface area (TPSA) is 78.1 Å². The summed E-state index contributed by atoms with van der Waals surface area (Å²) in [6, 6.07) is 0. The van der Waals surface area contributed by atoms with Crippen LogP contribution in [0.1, 0.15) is 12.0 Å². The van der Waals surface area contributed by atoms with Crippen LogP contribution >= 0.6 is 0 Å².